The molecule has 20 heavy (non-hydrogen) atoms. The maximum absolute atomic E-state index is 13.4. The molecule has 5 nitrogen and oxygen atoms in total. The van der Waals surface area contributed by atoms with Gasteiger partial charge >= 0.3 is 0 Å². The van der Waals surface area contributed by atoms with Gasteiger partial charge in [-0.25, -0.2) is 4.39 Å². The molecule has 0 bridgehead atoms. The summed E-state index contributed by atoms with van der Waals surface area (Å²) in [6.45, 7) is 1.85. The lowest BCUT2D eigenvalue weighted by Crippen LogP contribution is -2.09. The molecular weight excluding hydrogens is 329 g/mol. The molecule has 0 fully saturated rings. The van der Waals surface area contributed by atoms with Crippen molar-refractivity contribution in [3.63, 3.8) is 0 Å². The van der Waals surface area contributed by atoms with Gasteiger partial charge in [0.25, 0.3) is 5.69 Å². The minimum atomic E-state index is -0.670. The fourth-order valence-electron chi connectivity index (χ4n) is 1.75. The summed E-state index contributed by atoms with van der Waals surface area (Å²) < 4.78 is 13.6. The Morgan fingerprint density at radius 2 is 2.25 bits per heavy atom. The third-order valence-corrected chi connectivity index (χ3v) is 3.40. The van der Waals surface area contributed by atoms with E-state index in [1.165, 1.54) is 6.07 Å². The Morgan fingerprint density at radius 3 is 2.85 bits per heavy atom. The van der Waals surface area contributed by atoms with E-state index in [0.29, 0.717) is 0 Å². The normalized spacial score (nSPS) is 11.9. The number of pyridine rings is 1. The Bertz CT molecular complexity index is 637. The largest absolute Gasteiger partial charge is 0.373 e. The van der Waals surface area contributed by atoms with Crippen molar-refractivity contribution >= 4 is 27.3 Å². The van der Waals surface area contributed by atoms with Crippen LogP contribution in [0.3, 0.4) is 0 Å². The topological polar surface area (TPSA) is 68.1 Å². The summed E-state index contributed by atoms with van der Waals surface area (Å²) in [5.41, 5.74) is 0.823. The molecule has 1 N–H and O–H groups in total. The highest BCUT2D eigenvalue weighted by Gasteiger charge is 2.19. The smallest absolute Gasteiger partial charge is 0.295 e. The van der Waals surface area contributed by atoms with Crippen LogP contribution in [0.4, 0.5) is 15.8 Å². The van der Waals surface area contributed by atoms with E-state index < -0.39 is 10.7 Å². The number of aromatic nitrogens is 1. The van der Waals surface area contributed by atoms with Crippen LogP contribution < -0.4 is 5.32 Å². The monoisotopic (exact) mass is 339 g/mol. The fourth-order valence-corrected chi connectivity index (χ4v) is 2.10. The predicted octanol–water partition coefficient (Wildman–Crippen LogP) is 4.06. The van der Waals surface area contributed by atoms with Gasteiger partial charge in [0.05, 0.1) is 21.5 Å². The van der Waals surface area contributed by atoms with Crippen molar-refractivity contribution in [2.24, 2.45) is 0 Å². The third-order valence-electron chi connectivity index (χ3n) is 2.79. The van der Waals surface area contributed by atoms with E-state index in [1.807, 2.05) is 13.0 Å². The highest BCUT2D eigenvalue weighted by atomic mass is 79.9. The van der Waals surface area contributed by atoms with E-state index in [2.05, 4.69) is 26.2 Å². The van der Waals surface area contributed by atoms with Crippen LogP contribution in [0.1, 0.15) is 18.5 Å². The Labute approximate surface area is 123 Å². The zero-order chi connectivity index (χ0) is 14.7. The molecule has 7 heteroatoms. The van der Waals surface area contributed by atoms with Crippen LogP contribution in [-0.4, -0.2) is 9.91 Å². The van der Waals surface area contributed by atoms with Gasteiger partial charge in [0.2, 0.25) is 0 Å². The number of halogens is 2. The number of nitro benzene ring substituents is 1. The second kappa shape index (κ2) is 5.96. The van der Waals surface area contributed by atoms with Crippen molar-refractivity contribution in [3.8, 4) is 0 Å². The molecule has 0 saturated heterocycles. The lowest BCUT2D eigenvalue weighted by Gasteiger charge is -2.15. The fraction of sp³-hybridized carbons (Fsp3) is 0.154. The van der Waals surface area contributed by atoms with Crippen molar-refractivity contribution in [1.82, 2.24) is 4.98 Å². The number of nitro groups is 1. The summed E-state index contributed by atoms with van der Waals surface area (Å²) in [5.74, 6) is -0.670. The summed E-state index contributed by atoms with van der Waals surface area (Å²) in [4.78, 5) is 14.4. The number of anilines is 1. The van der Waals surface area contributed by atoms with Crippen molar-refractivity contribution in [2.45, 2.75) is 13.0 Å². The molecule has 0 saturated carbocycles. The van der Waals surface area contributed by atoms with Gasteiger partial charge in [-0.3, -0.25) is 15.1 Å². The summed E-state index contributed by atoms with van der Waals surface area (Å²) in [7, 11) is 0. The number of rotatable bonds is 4. The van der Waals surface area contributed by atoms with Crippen LogP contribution in [0.2, 0.25) is 0 Å². The maximum Gasteiger partial charge on any atom is 0.295 e. The summed E-state index contributed by atoms with van der Waals surface area (Å²) in [5, 5.41) is 14.0. The molecule has 1 heterocycles. The van der Waals surface area contributed by atoms with E-state index in [4.69, 9.17) is 0 Å². The number of nitrogens with zero attached hydrogens (tertiary/aromatic N) is 2. The molecule has 0 amide bonds. The number of hydrogen-bond donors (Lipinski definition) is 1. The maximum atomic E-state index is 13.4. The first-order valence-corrected chi connectivity index (χ1v) is 6.58. The van der Waals surface area contributed by atoms with Gasteiger partial charge in [0, 0.05) is 12.4 Å². The van der Waals surface area contributed by atoms with Crippen LogP contribution in [0.5, 0.6) is 0 Å². The van der Waals surface area contributed by atoms with Crippen molar-refractivity contribution in [1.29, 1.82) is 0 Å². The van der Waals surface area contributed by atoms with Gasteiger partial charge in [-0.2, -0.15) is 0 Å². The molecule has 104 valence electrons. The average Bonchev–Trinajstić information content (AvgIpc) is 2.43. The molecule has 1 aromatic heterocycles. The molecule has 1 unspecified atom stereocenters. The van der Waals surface area contributed by atoms with Crippen LogP contribution in [0, 0.1) is 15.9 Å². The molecule has 0 spiro atoms. The predicted molar refractivity (Wildman–Crippen MR) is 77.0 cm³/mol. The highest BCUT2D eigenvalue weighted by molar-refractivity contribution is 9.10. The molecule has 1 aromatic carbocycles. The van der Waals surface area contributed by atoms with E-state index in [9.17, 15) is 14.5 Å². The first-order chi connectivity index (χ1) is 9.49. The van der Waals surface area contributed by atoms with Crippen LogP contribution in [0.15, 0.2) is 41.1 Å². The number of nitrogens with one attached hydrogen (secondary N) is 1. The van der Waals surface area contributed by atoms with Crippen molar-refractivity contribution in [2.75, 3.05) is 5.32 Å². The molecular formula is C13H11BrFN3O2. The Hall–Kier alpha value is -2.02. The minimum Gasteiger partial charge on any atom is -0.373 e. The zero-order valence-electron chi connectivity index (χ0n) is 10.5. The molecule has 2 aromatic rings. The van der Waals surface area contributed by atoms with Crippen LogP contribution in [-0.2, 0) is 0 Å². The molecule has 0 aliphatic heterocycles. The van der Waals surface area contributed by atoms with Gasteiger partial charge < -0.3 is 5.32 Å². The Morgan fingerprint density at radius 1 is 1.50 bits per heavy atom. The quantitative estimate of drug-likeness (QED) is 0.673. The highest BCUT2D eigenvalue weighted by Crippen LogP contribution is 2.32. The lowest BCUT2D eigenvalue weighted by atomic mass is 10.1. The van der Waals surface area contributed by atoms with E-state index in [-0.39, 0.29) is 21.9 Å². The second-order valence-electron chi connectivity index (χ2n) is 4.19. The summed E-state index contributed by atoms with van der Waals surface area (Å²) in [6.07, 6.45) is 3.31. The lowest BCUT2D eigenvalue weighted by molar-refractivity contribution is -0.384. The minimum absolute atomic E-state index is 0.170. The average molecular weight is 340 g/mol. The zero-order valence-corrected chi connectivity index (χ0v) is 12.1. The van der Waals surface area contributed by atoms with E-state index >= 15 is 0 Å². The standard InChI is InChI=1S/C13H11BrFN3O2/c1-8(9-3-2-4-16-7-9)17-12-5-10(14)11(15)6-13(12)18(19)20/h2-8,17H,1H3. The van der Waals surface area contributed by atoms with Gasteiger partial charge in [-0.15, -0.1) is 0 Å². The van der Waals surface area contributed by atoms with Crippen molar-refractivity contribution < 1.29 is 9.31 Å². The molecule has 0 aliphatic rings. The molecule has 0 aliphatic carbocycles. The SMILES string of the molecule is CC(Nc1cc(Br)c(F)cc1[N+](=O)[O-])c1cccnc1. The van der Waals surface area contributed by atoms with Crippen molar-refractivity contribution in [3.05, 3.63) is 62.6 Å². The Balaban J connectivity index is 2.33. The number of hydrogen-bond acceptors (Lipinski definition) is 4. The second-order valence-corrected chi connectivity index (χ2v) is 5.05. The summed E-state index contributed by atoms with van der Waals surface area (Å²) >= 11 is 3.03. The molecule has 1 atom stereocenters. The van der Waals surface area contributed by atoms with E-state index in [0.717, 1.165) is 11.6 Å². The van der Waals surface area contributed by atoms with Crippen LogP contribution >= 0.6 is 15.9 Å². The third kappa shape index (κ3) is 3.11. The number of benzene rings is 1. The van der Waals surface area contributed by atoms with Gasteiger partial charge in [0.1, 0.15) is 11.5 Å². The summed E-state index contributed by atoms with van der Waals surface area (Å²) in [6, 6.07) is 5.69. The van der Waals surface area contributed by atoms with E-state index in [1.54, 1.807) is 18.5 Å². The molecule has 0 radical (unpaired) electrons. The first kappa shape index (κ1) is 14.4. The Kier molecular flexibility index (Phi) is 4.29. The van der Waals surface area contributed by atoms with Gasteiger partial charge in [0.15, 0.2) is 0 Å². The first-order valence-electron chi connectivity index (χ1n) is 5.79. The van der Waals surface area contributed by atoms with Gasteiger partial charge in [-0.1, -0.05) is 6.07 Å². The molecule has 2 rings (SSSR count). The van der Waals surface area contributed by atoms with Gasteiger partial charge in [-0.05, 0) is 40.5 Å². The van der Waals surface area contributed by atoms with Crippen LogP contribution in [0.25, 0.3) is 0 Å².